The summed E-state index contributed by atoms with van der Waals surface area (Å²) < 4.78 is 5.10. The van der Waals surface area contributed by atoms with Crippen molar-refractivity contribution >= 4 is 17.7 Å². The van der Waals surface area contributed by atoms with Gasteiger partial charge in [-0.2, -0.15) is 0 Å². The molecular formula is C16H21NO2S. The van der Waals surface area contributed by atoms with E-state index in [4.69, 9.17) is 4.74 Å². The summed E-state index contributed by atoms with van der Waals surface area (Å²) in [5.74, 6) is 1.59. The molecule has 0 spiro atoms. The van der Waals surface area contributed by atoms with Crippen molar-refractivity contribution < 1.29 is 9.53 Å². The third-order valence-corrected chi connectivity index (χ3v) is 5.21. The van der Waals surface area contributed by atoms with E-state index in [1.165, 1.54) is 23.3 Å². The largest absolute Gasteiger partial charge is 0.465 e. The summed E-state index contributed by atoms with van der Waals surface area (Å²) in [4.78, 5) is 15.5. The Balaban J connectivity index is 1.64. The minimum atomic E-state index is -0.0849. The number of hydrogen-bond donors (Lipinski definition) is 0. The second kappa shape index (κ2) is 6.19. The van der Waals surface area contributed by atoms with E-state index in [1.54, 1.807) is 0 Å². The molecule has 4 heteroatoms. The first-order chi connectivity index (χ1) is 9.78. The van der Waals surface area contributed by atoms with Gasteiger partial charge in [0.15, 0.2) is 0 Å². The van der Waals surface area contributed by atoms with E-state index in [2.05, 4.69) is 29.2 Å². The van der Waals surface area contributed by atoms with Crippen LogP contribution in [-0.2, 0) is 9.53 Å². The predicted molar refractivity (Wildman–Crippen MR) is 81.1 cm³/mol. The average molecular weight is 291 g/mol. The summed E-state index contributed by atoms with van der Waals surface area (Å²) in [6.07, 6.45) is 2.45. The van der Waals surface area contributed by atoms with Crippen LogP contribution in [0.1, 0.15) is 31.2 Å². The maximum absolute atomic E-state index is 11.7. The third kappa shape index (κ3) is 3.18. The maximum atomic E-state index is 11.7. The zero-order chi connectivity index (χ0) is 13.9. The van der Waals surface area contributed by atoms with Gasteiger partial charge in [0.1, 0.15) is 0 Å². The van der Waals surface area contributed by atoms with Crippen molar-refractivity contribution in [3.8, 4) is 0 Å². The Morgan fingerprint density at radius 2 is 2.20 bits per heavy atom. The number of thioether (sulfide) groups is 1. The highest BCUT2D eigenvalue weighted by Gasteiger charge is 2.34. The van der Waals surface area contributed by atoms with Crippen LogP contribution in [0.3, 0.4) is 0 Å². The quantitative estimate of drug-likeness (QED) is 0.754. The second-order valence-electron chi connectivity index (χ2n) is 5.51. The molecule has 1 atom stereocenters. The Morgan fingerprint density at radius 3 is 2.95 bits per heavy atom. The number of esters is 1. The lowest BCUT2D eigenvalue weighted by Gasteiger charge is -2.24. The second-order valence-corrected chi connectivity index (χ2v) is 6.57. The van der Waals surface area contributed by atoms with E-state index < -0.39 is 0 Å². The van der Waals surface area contributed by atoms with Crippen LogP contribution in [0.5, 0.6) is 0 Å². The zero-order valence-corrected chi connectivity index (χ0v) is 12.7. The molecule has 3 rings (SSSR count). The van der Waals surface area contributed by atoms with Gasteiger partial charge in [-0.05, 0) is 31.4 Å². The van der Waals surface area contributed by atoms with Crippen molar-refractivity contribution in [3.63, 3.8) is 0 Å². The van der Waals surface area contributed by atoms with E-state index >= 15 is 0 Å². The summed E-state index contributed by atoms with van der Waals surface area (Å²) >= 11 is 1.94. The van der Waals surface area contributed by atoms with Crippen LogP contribution in [0, 0.1) is 0 Å². The number of fused-ring (bicyclic) bond motifs is 1. The molecule has 1 aliphatic heterocycles. The van der Waals surface area contributed by atoms with Gasteiger partial charge in [0.2, 0.25) is 0 Å². The van der Waals surface area contributed by atoms with Gasteiger partial charge in [-0.25, -0.2) is 0 Å². The molecule has 108 valence electrons. The molecule has 1 saturated carbocycles. The van der Waals surface area contributed by atoms with Crippen LogP contribution >= 0.6 is 11.8 Å². The van der Waals surface area contributed by atoms with Crippen LogP contribution in [-0.4, -0.2) is 42.4 Å². The highest BCUT2D eigenvalue weighted by molar-refractivity contribution is 7.99. The monoisotopic (exact) mass is 291 g/mol. The molecule has 0 saturated heterocycles. The molecule has 0 N–H and O–H groups in total. The molecule has 1 aromatic rings. The highest BCUT2D eigenvalue weighted by Crippen LogP contribution is 2.40. The van der Waals surface area contributed by atoms with Crippen molar-refractivity contribution in [3.05, 3.63) is 29.8 Å². The molecule has 1 aromatic carbocycles. The molecule has 3 nitrogen and oxygen atoms in total. The number of nitrogens with zero attached hydrogens (tertiary/aromatic N) is 1. The lowest BCUT2D eigenvalue weighted by molar-refractivity contribution is -0.144. The van der Waals surface area contributed by atoms with E-state index in [1.807, 2.05) is 18.7 Å². The molecule has 1 aliphatic carbocycles. The van der Waals surface area contributed by atoms with E-state index in [0.29, 0.717) is 25.1 Å². The molecular weight excluding hydrogens is 270 g/mol. The summed E-state index contributed by atoms with van der Waals surface area (Å²) in [5.41, 5.74) is 1.45. The zero-order valence-electron chi connectivity index (χ0n) is 11.9. The van der Waals surface area contributed by atoms with E-state index in [0.717, 1.165) is 12.3 Å². The molecule has 0 bridgehead atoms. The van der Waals surface area contributed by atoms with Gasteiger partial charge in [0.05, 0.1) is 13.2 Å². The number of rotatable bonds is 6. The number of carbonyl (C=O) groups is 1. The topological polar surface area (TPSA) is 29.5 Å². The minimum Gasteiger partial charge on any atom is -0.465 e. The van der Waals surface area contributed by atoms with Gasteiger partial charge in [-0.3, -0.25) is 9.69 Å². The maximum Gasteiger partial charge on any atom is 0.320 e. The molecule has 2 aliphatic rings. The Hall–Kier alpha value is -1.00. The molecule has 1 heterocycles. The molecule has 0 aromatic heterocycles. The Labute approximate surface area is 124 Å². The standard InChI is InChI=1S/C16H21NO2S/c1-2-19-16(18)10-17(13-7-8-13)9-12-11-20-15-6-4-3-5-14(12)15/h3-6,12-13H,2,7-11H2,1H3. The van der Waals surface area contributed by atoms with Crippen molar-refractivity contribution in [2.45, 2.75) is 36.6 Å². The molecule has 20 heavy (non-hydrogen) atoms. The van der Waals surface area contributed by atoms with Crippen molar-refractivity contribution in [1.82, 2.24) is 4.90 Å². The van der Waals surface area contributed by atoms with Crippen LogP contribution in [0.2, 0.25) is 0 Å². The van der Waals surface area contributed by atoms with Gasteiger partial charge < -0.3 is 4.74 Å². The van der Waals surface area contributed by atoms with Crippen molar-refractivity contribution in [1.29, 1.82) is 0 Å². The Morgan fingerprint density at radius 1 is 1.40 bits per heavy atom. The summed E-state index contributed by atoms with van der Waals surface area (Å²) in [6.45, 7) is 3.76. The Bertz CT molecular complexity index is 487. The number of carbonyl (C=O) groups excluding carboxylic acids is 1. The first kappa shape index (κ1) is 14.0. The van der Waals surface area contributed by atoms with E-state index in [-0.39, 0.29) is 5.97 Å². The average Bonchev–Trinajstić information content (AvgIpc) is 3.21. The minimum absolute atomic E-state index is 0.0849. The summed E-state index contributed by atoms with van der Waals surface area (Å²) in [5, 5.41) is 0. The van der Waals surface area contributed by atoms with Gasteiger partial charge in [-0.1, -0.05) is 18.2 Å². The SMILES string of the molecule is CCOC(=O)CN(CC1CSc2ccccc21)C1CC1. The van der Waals surface area contributed by atoms with Crippen LogP contribution in [0.4, 0.5) is 0 Å². The number of hydrogen-bond acceptors (Lipinski definition) is 4. The van der Waals surface area contributed by atoms with Crippen molar-refractivity contribution in [2.24, 2.45) is 0 Å². The van der Waals surface area contributed by atoms with Gasteiger partial charge in [0.25, 0.3) is 0 Å². The summed E-state index contributed by atoms with van der Waals surface area (Å²) in [7, 11) is 0. The number of ether oxygens (including phenoxy) is 1. The van der Waals surface area contributed by atoms with Gasteiger partial charge in [-0.15, -0.1) is 11.8 Å². The lowest BCUT2D eigenvalue weighted by atomic mass is 10.0. The first-order valence-electron chi connectivity index (χ1n) is 7.39. The van der Waals surface area contributed by atoms with Crippen LogP contribution in [0.25, 0.3) is 0 Å². The Kier molecular flexibility index (Phi) is 4.32. The fourth-order valence-electron chi connectivity index (χ4n) is 2.82. The third-order valence-electron chi connectivity index (χ3n) is 3.95. The summed E-state index contributed by atoms with van der Waals surface area (Å²) in [6, 6.07) is 9.25. The van der Waals surface area contributed by atoms with E-state index in [9.17, 15) is 4.79 Å². The number of benzene rings is 1. The predicted octanol–water partition coefficient (Wildman–Crippen LogP) is 2.90. The molecule has 0 amide bonds. The van der Waals surface area contributed by atoms with Crippen LogP contribution in [0.15, 0.2) is 29.2 Å². The van der Waals surface area contributed by atoms with Crippen molar-refractivity contribution in [2.75, 3.05) is 25.4 Å². The van der Waals surface area contributed by atoms with Gasteiger partial charge >= 0.3 is 5.97 Å². The normalized spacial score (nSPS) is 21.0. The highest BCUT2D eigenvalue weighted by atomic mass is 32.2. The van der Waals surface area contributed by atoms with Crippen LogP contribution < -0.4 is 0 Å². The lowest BCUT2D eigenvalue weighted by Crippen LogP contribution is -2.36. The first-order valence-corrected chi connectivity index (χ1v) is 8.38. The fraction of sp³-hybridized carbons (Fsp3) is 0.562. The van der Waals surface area contributed by atoms with Gasteiger partial charge in [0, 0.05) is 29.2 Å². The molecule has 0 radical (unpaired) electrons. The molecule has 1 unspecified atom stereocenters. The molecule has 1 fully saturated rings. The fourth-order valence-corrected chi connectivity index (χ4v) is 4.06. The smallest absolute Gasteiger partial charge is 0.320 e.